The van der Waals surface area contributed by atoms with Crippen molar-refractivity contribution < 1.29 is 10.2 Å². The summed E-state index contributed by atoms with van der Waals surface area (Å²) in [5.74, 6) is 0. The third-order valence-electron chi connectivity index (χ3n) is 2.12. The number of rotatable bonds is 7. The van der Waals surface area contributed by atoms with E-state index in [-0.39, 0.29) is 13.2 Å². The Morgan fingerprint density at radius 3 is 2.47 bits per heavy atom. The van der Waals surface area contributed by atoms with Crippen LogP contribution in [0.3, 0.4) is 0 Å². The van der Waals surface area contributed by atoms with Crippen LogP contribution in [0.1, 0.15) is 17.6 Å². The first-order valence-corrected chi connectivity index (χ1v) is 6.05. The van der Waals surface area contributed by atoms with E-state index in [9.17, 15) is 0 Å². The van der Waals surface area contributed by atoms with Gasteiger partial charge in [0.05, 0.1) is 23.9 Å². The molecular formula is C10H18N2O2S. The second kappa shape index (κ2) is 6.90. The van der Waals surface area contributed by atoms with Crippen molar-refractivity contribution in [2.45, 2.75) is 19.9 Å². The number of aromatic nitrogens is 1. The minimum atomic E-state index is 0.116. The molecule has 0 aromatic carbocycles. The van der Waals surface area contributed by atoms with Crippen molar-refractivity contribution in [2.75, 3.05) is 26.3 Å². The lowest BCUT2D eigenvalue weighted by molar-refractivity contribution is 0.155. The van der Waals surface area contributed by atoms with Crippen molar-refractivity contribution in [1.82, 2.24) is 9.88 Å². The average molecular weight is 230 g/mol. The van der Waals surface area contributed by atoms with Gasteiger partial charge in [-0.15, -0.1) is 11.3 Å². The van der Waals surface area contributed by atoms with E-state index in [1.807, 2.05) is 10.3 Å². The zero-order valence-corrected chi connectivity index (χ0v) is 9.83. The first-order chi connectivity index (χ1) is 7.30. The molecule has 0 amide bonds. The second-order valence-corrected chi connectivity index (χ2v) is 4.25. The summed E-state index contributed by atoms with van der Waals surface area (Å²) in [5, 5.41) is 20.9. The van der Waals surface area contributed by atoms with Gasteiger partial charge in [-0.05, 0) is 6.42 Å². The Kier molecular flexibility index (Phi) is 5.78. The fourth-order valence-electron chi connectivity index (χ4n) is 1.37. The maximum absolute atomic E-state index is 8.85. The van der Waals surface area contributed by atoms with Gasteiger partial charge in [0.1, 0.15) is 0 Å². The molecule has 0 unspecified atom stereocenters. The molecule has 1 aromatic rings. The summed E-state index contributed by atoms with van der Waals surface area (Å²) in [6, 6.07) is 0. The molecule has 0 fully saturated rings. The first-order valence-electron chi connectivity index (χ1n) is 5.17. The van der Waals surface area contributed by atoms with Gasteiger partial charge in [0, 0.05) is 25.0 Å². The zero-order chi connectivity index (χ0) is 11.1. The zero-order valence-electron chi connectivity index (χ0n) is 9.02. The maximum atomic E-state index is 8.85. The lowest BCUT2D eigenvalue weighted by atomic mass is 10.4. The molecule has 2 N–H and O–H groups in total. The Hall–Kier alpha value is -0.490. The van der Waals surface area contributed by atoms with E-state index in [1.54, 1.807) is 11.3 Å². The van der Waals surface area contributed by atoms with Crippen LogP contribution >= 0.6 is 11.3 Å². The summed E-state index contributed by atoms with van der Waals surface area (Å²) >= 11 is 1.66. The largest absolute Gasteiger partial charge is 0.395 e. The lowest BCUT2D eigenvalue weighted by Gasteiger charge is -2.18. The summed E-state index contributed by atoms with van der Waals surface area (Å²) in [6.07, 6.45) is 0.963. The Morgan fingerprint density at radius 2 is 2.00 bits per heavy atom. The summed E-state index contributed by atoms with van der Waals surface area (Å²) in [7, 11) is 0. The minimum absolute atomic E-state index is 0.116. The highest BCUT2D eigenvalue weighted by atomic mass is 32.1. The molecule has 0 spiro atoms. The SMILES string of the molecule is CCc1nc(CN(CCO)CCO)cs1. The van der Waals surface area contributed by atoms with E-state index >= 15 is 0 Å². The van der Waals surface area contributed by atoms with Gasteiger partial charge in [0.25, 0.3) is 0 Å². The molecule has 0 aliphatic carbocycles. The number of hydrogen-bond donors (Lipinski definition) is 2. The number of nitrogens with zero attached hydrogens (tertiary/aromatic N) is 2. The van der Waals surface area contributed by atoms with Gasteiger partial charge in [0.15, 0.2) is 0 Å². The first kappa shape index (κ1) is 12.6. The molecule has 0 aliphatic heterocycles. The van der Waals surface area contributed by atoms with Crippen molar-refractivity contribution in [3.63, 3.8) is 0 Å². The highest BCUT2D eigenvalue weighted by Gasteiger charge is 2.07. The minimum Gasteiger partial charge on any atom is -0.395 e. The fourth-order valence-corrected chi connectivity index (χ4v) is 2.10. The molecule has 0 atom stereocenters. The Labute approximate surface area is 94.2 Å². The van der Waals surface area contributed by atoms with Crippen LogP contribution in [0.4, 0.5) is 0 Å². The van der Waals surface area contributed by atoms with Crippen LogP contribution in [0.2, 0.25) is 0 Å². The maximum Gasteiger partial charge on any atom is 0.0926 e. The van der Waals surface area contributed by atoms with Gasteiger partial charge in [-0.2, -0.15) is 0 Å². The molecule has 5 heteroatoms. The van der Waals surface area contributed by atoms with E-state index in [0.717, 1.165) is 17.1 Å². The number of aliphatic hydroxyl groups excluding tert-OH is 2. The van der Waals surface area contributed by atoms with E-state index < -0.39 is 0 Å². The second-order valence-electron chi connectivity index (χ2n) is 3.31. The highest BCUT2D eigenvalue weighted by molar-refractivity contribution is 7.09. The molecular weight excluding hydrogens is 212 g/mol. The molecule has 4 nitrogen and oxygen atoms in total. The van der Waals surface area contributed by atoms with Crippen molar-refractivity contribution in [3.8, 4) is 0 Å². The normalized spacial score (nSPS) is 11.2. The Balaban J connectivity index is 2.48. The van der Waals surface area contributed by atoms with Crippen LogP contribution < -0.4 is 0 Å². The molecule has 0 aliphatic rings. The fraction of sp³-hybridized carbons (Fsp3) is 0.700. The smallest absolute Gasteiger partial charge is 0.0926 e. The van der Waals surface area contributed by atoms with Gasteiger partial charge in [-0.3, -0.25) is 4.90 Å². The van der Waals surface area contributed by atoms with Gasteiger partial charge >= 0.3 is 0 Å². The molecule has 1 heterocycles. The van der Waals surface area contributed by atoms with Crippen LogP contribution in [0.15, 0.2) is 5.38 Å². The van der Waals surface area contributed by atoms with Crippen molar-refractivity contribution in [3.05, 3.63) is 16.1 Å². The predicted molar refractivity (Wildman–Crippen MR) is 60.9 cm³/mol. The van der Waals surface area contributed by atoms with Gasteiger partial charge in [0.2, 0.25) is 0 Å². The van der Waals surface area contributed by atoms with Crippen molar-refractivity contribution in [2.24, 2.45) is 0 Å². The van der Waals surface area contributed by atoms with Gasteiger partial charge < -0.3 is 10.2 Å². The van der Waals surface area contributed by atoms with E-state index in [1.165, 1.54) is 0 Å². The molecule has 0 saturated heterocycles. The summed E-state index contributed by atoms with van der Waals surface area (Å²) < 4.78 is 0. The van der Waals surface area contributed by atoms with E-state index in [4.69, 9.17) is 10.2 Å². The van der Waals surface area contributed by atoms with Crippen LogP contribution in [0.25, 0.3) is 0 Å². The highest BCUT2D eigenvalue weighted by Crippen LogP contribution is 2.11. The molecule has 0 radical (unpaired) electrons. The summed E-state index contributed by atoms with van der Waals surface area (Å²) in [5.41, 5.74) is 1.03. The average Bonchev–Trinajstić information content (AvgIpc) is 2.66. The summed E-state index contributed by atoms with van der Waals surface area (Å²) in [6.45, 7) is 4.19. The van der Waals surface area contributed by atoms with Crippen LogP contribution in [-0.4, -0.2) is 46.4 Å². The lowest BCUT2D eigenvalue weighted by Crippen LogP contribution is -2.29. The summed E-state index contributed by atoms with van der Waals surface area (Å²) in [4.78, 5) is 6.44. The standard InChI is InChI=1S/C10H18N2O2S/c1-2-10-11-9(8-15-10)7-12(3-5-13)4-6-14/h8,13-14H,2-7H2,1H3. The van der Waals surface area contributed by atoms with Crippen molar-refractivity contribution in [1.29, 1.82) is 0 Å². The topological polar surface area (TPSA) is 56.6 Å². The molecule has 86 valence electrons. The number of aliphatic hydroxyl groups is 2. The number of thiazole rings is 1. The Morgan fingerprint density at radius 1 is 1.33 bits per heavy atom. The van der Waals surface area contributed by atoms with Crippen molar-refractivity contribution >= 4 is 11.3 Å². The number of aryl methyl sites for hydroxylation is 1. The molecule has 1 rings (SSSR count). The Bertz CT molecular complexity index is 272. The molecule has 1 aromatic heterocycles. The molecule has 0 saturated carbocycles. The van der Waals surface area contributed by atoms with E-state index in [2.05, 4.69) is 11.9 Å². The van der Waals surface area contributed by atoms with Crippen LogP contribution in [0, 0.1) is 0 Å². The van der Waals surface area contributed by atoms with Crippen LogP contribution in [-0.2, 0) is 13.0 Å². The molecule has 15 heavy (non-hydrogen) atoms. The quantitative estimate of drug-likeness (QED) is 0.716. The van der Waals surface area contributed by atoms with E-state index in [0.29, 0.717) is 19.6 Å². The third-order valence-corrected chi connectivity index (χ3v) is 3.16. The third kappa shape index (κ3) is 4.25. The molecule has 0 bridgehead atoms. The predicted octanol–water partition coefficient (Wildman–Crippen LogP) is 0.492. The van der Waals surface area contributed by atoms with Gasteiger partial charge in [-0.25, -0.2) is 4.98 Å². The van der Waals surface area contributed by atoms with Gasteiger partial charge in [-0.1, -0.05) is 6.92 Å². The monoisotopic (exact) mass is 230 g/mol. The van der Waals surface area contributed by atoms with Crippen LogP contribution in [0.5, 0.6) is 0 Å². The number of hydrogen-bond acceptors (Lipinski definition) is 5.